The van der Waals surface area contributed by atoms with E-state index in [1.165, 1.54) is 29.8 Å². The number of halogens is 1. The van der Waals surface area contributed by atoms with Crippen molar-refractivity contribution < 1.29 is 9.13 Å². The minimum Gasteiger partial charge on any atom is -0.494 e. The summed E-state index contributed by atoms with van der Waals surface area (Å²) in [6.45, 7) is 7.27. The third kappa shape index (κ3) is 3.88. The Bertz CT molecular complexity index is 789. The summed E-state index contributed by atoms with van der Waals surface area (Å²) < 4.78 is 18.8. The number of nitrogens with one attached hydrogen (secondary N) is 1. The Hall–Kier alpha value is -2.27. The van der Waals surface area contributed by atoms with Crippen LogP contribution in [0.3, 0.4) is 0 Å². The molecule has 27 heavy (non-hydrogen) atoms. The largest absolute Gasteiger partial charge is 0.494 e. The predicted octanol–water partition coefficient (Wildman–Crippen LogP) is 3.94. The molecular weight excluding hydrogens is 341 g/mol. The maximum atomic E-state index is 13.4. The second-order valence-corrected chi connectivity index (χ2v) is 7.67. The number of piperazine rings is 1. The summed E-state index contributed by atoms with van der Waals surface area (Å²) in [7, 11) is 1.60. The van der Waals surface area contributed by atoms with E-state index in [0.29, 0.717) is 17.7 Å². The highest BCUT2D eigenvalue weighted by molar-refractivity contribution is 5.59. The molecule has 0 bridgehead atoms. The van der Waals surface area contributed by atoms with Crippen molar-refractivity contribution in [1.29, 1.82) is 0 Å². The number of methoxy groups -OCH3 is 1. The third-order valence-electron chi connectivity index (χ3n) is 5.82. The van der Waals surface area contributed by atoms with Crippen molar-refractivity contribution in [2.75, 3.05) is 50.1 Å². The van der Waals surface area contributed by atoms with E-state index in [4.69, 9.17) is 4.74 Å². The molecule has 2 heterocycles. The van der Waals surface area contributed by atoms with Crippen LogP contribution in [0.4, 0.5) is 15.8 Å². The van der Waals surface area contributed by atoms with E-state index in [1.54, 1.807) is 7.11 Å². The molecule has 2 aromatic carbocycles. The topological polar surface area (TPSA) is 27.7 Å². The van der Waals surface area contributed by atoms with E-state index >= 15 is 0 Å². The van der Waals surface area contributed by atoms with Crippen LogP contribution in [0.25, 0.3) is 0 Å². The predicted molar refractivity (Wildman–Crippen MR) is 108 cm³/mol. The molecule has 144 valence electrons. The van der Waals surface area contributed by atoms with Crippen LogP contribution in [0.5, 0.6) is 5.75 Å². The van der Waals surface area contributed by atoms with E-state index in [9.17, 15) is 4.39 Å². The fraction of sp³-hybridized carbons (Fsp3) is 0.455. The summed E-state index contributed by atoms with van der Waals surface area (Å²) >= 11 is 0. The highest BCUT2D eigenvalue weighted by Gasteiger charge is 2.27. The molecule has 2 aliphatic heterocycles. The fourth-order valence-electron chi connectivity index (χ4n) is 4.41. The Morgan fingerprint density at radius 3 is 2.67 bits per heavy atom. The standard InChI is InChI=1S/C22H28FN3O/c1-16-13-18(24-20-6-4-3-5-19(16)20)15-25-9-11-26(12-10-25)21-8-7-17(23)14-22(21)27-2/h3-8,14,16,18,24H,9-13,15H2,1-2H3/t16-,18-/m1/s1. The Morgan fingerprint density at radius 1 is 1.11 bits per heavy atom. The number of benzene rings is 2. The first-order valence-corrected chi connectivity index (χ1v) is 9.80. The number of para-hydroxylation sites is 1. The molecular formula is C22H28FN3O. The highest BCUT2D eigenvalue weighted by atomic mass is 19.1. The first-order valence-electron chi connectivity index (χ1n) is 9.80. The van der Waals surface area contributed by atoms with Gasteiger partial charge in [-0.1, -0.05) is 25.1 Å². The zero-order chi connectivity index (χ0) is 18.8. The molecule has 1 fully saturated rings. The first kappa shape index (κ1) is 18.1. The minimum absolute atomic E-state index is 0.257. The van der Waals surface area contributed by atoms with Gasteiger partial charge >= 0.3 is 0 Å². The summed E-state index contributed by atoms with van der Waals surface area (Å²) in [5, 5.41) is 3.73. The van der Waals surface area contributed by atoms with E-state index in [2.05, 4.69) is 46.3 Å². The number of fused-ring (bicyclic) bond motifs is 1. The Morgan fingerprint density at radius 2 is 1.89 bits per heavy atom. The maximum Gasteiger partial charge on any atom is 0.145 e. The Kier molecular flexibility index (Phi) is 5.21. The van der Waals surface area contributed by atoms with Crippen molar-refractivity contribution in [2.24, 2.45) is 0 Å². The van der Waals surface area contributed by atoms with Gasteiger partial charge in [-0.25, -0.2) is 4.39 Å². The molecule has 0 unspecified atom stereocenters. The minimum atomic E-state index is -0.257. The van der Waals surface area contributed by atoms with Crippen LogP contribution < -0.4 is 15.0 Å². The normalized spacial score (nSPS) is 22.9. The molecule has 0 amide bonds. The monoisotopic (exact) mass is 369 g/mol. The lowest BCUT2D eigenvalue weighted by Gasteiger charge is -2.40. The molecule has 2 aliphatic rings. The van der Waals surface area contributed by atoms with Crippen LogP contribution in [0.15, 0.2) is 42.5 Å². The van der Waals surface area contributed by atoms with Gasteiger partial charge < -0.3 is 15.0 Å². The highest BCUT2D eigenvalue weighted by Crippen LogP contribution is 2.34. The molecule has 4 rings (SSSR count). The summed E-state index contributed by atoms with van der Waals surface area (Å²) in [5.74, 6) is 0.951. The molecule has 0 saturated carbocycles. The van der Waals surface area contributed by atoms with Crippen molar-refractivity contribution >= 4 is 11.4 Å². The smallest absolute Gasteiger partial charge is 0.145 e. The van der Waals surface area contributed by atoms with E-state index in [-0.39, 0.29) is 5.82 Å². The van der Waals surface area contributed by atoms with Gasteiger partial charge in [0.25, 0.3) is 0 Å². The van der Waals surface area contributed by atoms with Gasteiger partial charge in [-0.3, -0.25) is 4.90 Å². The van der Waals surface area contributed by atoms with Crippen LogP contribution >= 0.6 is 0 Å². The number of rotatable bonds is 4. The number of nitrogens with zero attached hydrogens (tertiary/aromatic N) is 2. The van der Waals surface area contributed by atoms with Crippen LogP contribution in [0.2, 0.25) is 0 Å². The van der Waals surface area contributed by atoms with Gasteiger partial charge in [0.15, 0.2) is 0 Å². The van der Waals surface area contributed by atoms with Crippen molar-refractivity contribution in [3.63, 3.8) is 0 Å². The van der Waals surface area contributed by atoms with Gasteiger partial charge in [0.2, 0.25) is 0 Å². The third-order valence-corrected chi connectivity index (χ3v) is 5.82. The van der Waals surface area contributed by atoms with E-state index < -0.39 is 0 Å². The number of ether oxygens (including phenoxy) is 1. The zero-order valence-corrected chi connectivity index (χ0v) is 16.1. The molecule has 5 heteroatoms. The molecule has 0 aliphatic carbocycles. The molecule has 2 aromatic rings. The van der Waals surface area contributed by atoms with Crippen LogP contribution in [-0.2, 0) is 0 Å². The quantitative estimate of drug-likeness (QED) is 0.883. The van der Waals surface area contributed by atoms with Gasteiger partial charge in [-0.05, 0) is 36.1 Å². The molecule has 2 atom stereocenters. The molecule has 0 aromatic heterocycles. The molecule has 0 radical (unpaired) electrons. The summed E-state index contributed by atoms with van der Waals surface area (Å²) in [5.41, 5.74) is 3.70. The maximum absolute atomic E-state index is 13.4. The second-order valence-electron chi connectivity index (χ2n) is 7.67. The lowest BCUT2D eigenvalue weighted by molar-refractivity contribution is 0.239. The summed E-state index contributed by atoms with van der Waals surface area (Å²) in [6.07, 6.45) is 1.17. The van der Waals surface area contributed by atoms with Crippen molar-refractivity contribution in [2.45, 2.75) is 25.3 Å². The molecule has 4 nitrogen and oxygen atoms in total. The van der Waals surface area contributed by atoms with Gasteiger partial charge in [0, 0.05) is 50.5 Å². The number of hydrogen-bond donors (Lipinski definition) is 1. The second kappa shape index (κ2) is 7.77. The number of hydrogen-bond acceptors (Lipinski definition) is 4. The lowest BCUT2D eigenvalue weighted by Crippen LogP contribution is -2.50. The van der Waals surface area contributed by atoms with Crippen LogP contribution in [-0.4, -0.2) is 50.8 Å². The van der Waals surface area contributed by atoms with Gasteiger partial charge in [0.1, 0.15) is 11.6 Å². The van der Waals surface area contributed by atoms with Crippen molar-refractivity contribution in [1.82, 2.24) is 4.90 Å². The van der Waals surface area contributed by atoms with Gasteiger partial charge in [-0.15, -0.1) is 0 Å². The first-order chi connectivity index (χ1) is 13.1. The average molecular weight is 369 g/mol. The van der Waals surface area contributed by atoms with E-state index in [0.717, 1.165) is 38.4 Å². The van der Waals surface area contributed by atoms with Crippen LogP contribution in [0, 0.1) is 5.82 Å². The SMILES string of the molecule is COc1cc(F)ccc1N1CCN(C[C@H]2C[C@@H](C)c3ccccc3N2)CC1. The van der Waals surface area contributed by atoms with Crippen molar-refractivity contribution in [3.8, 4) is 5.75 Å². The van der Waals surface area contributed by atoms with Gasteiger partial charge in [-0.2, -0.15) is 0 Å². The Balaban J connectivity index is 1.35. The van der Waals surface area contributed by atoms with E-state index in [1.807, 2.05) is 6.07 Å². The lowest BCUT2D eigenvalue weighted by atomic mass is 9.88. The molecule has 0 spiro atoms. The fourth-order valence-corrected chi connectivity index (χ4v) is 4.41. The Labute approximate surface area is 160 Å². The van der Waals surface area contributed by atoms with Crippen molar-refractivity contribution in [3.05, 3.63) is 53.8 Å². The average Bonchev–Trinajstić information content (AvgIpc) is 2.69. The number of anilines is 2. The molecule has 1 N–H and O–H groups in total. The molecule has 1 saturated heterocycles. The van der Waals surface area contributed by atoms with Crippen LogP contribution in [0.1, 0.15) is 24.8 Å². The summed E-state index contributed by atoms with van der Waals surface area (Å²) in [4.78, 5) is 4.83. The zero-order valence-electron chi connectivity index (χ0n) is 16.1. The van der Waals surface area contributed by atoms with Gasteiger partial charge in [0.05, 0.1) is 12.8 Å². The summed E-state index contributed by atoms with van der Waals surface area (Å²) in [6, 6.07) is 13.9.